The van der Waals surface area contributed by atoms with E-state index in [4.69, 9.17) is 5.11 Å². The third kappa shape index (κ3) is 7.35. The van der Waals surface area contributed by atoms with Gasteiger partial charge in [0, 0.05) is 74.0 Å². The van der Waals surface area contributed by atoms with Crippen LogP contribution in [0, 0.1) is 6.92 Å². The summed E-state index contributed by atoms with van der Waals surface area (Å²) in [4.78, 5) is 47.8. The largest absolute Gasteiger partial charge is 0.395 e. The second kappa shape index (κ2) is 13.7. The lowest BCUT2D eigenvalue weighted by Gasteiger charge is -2.34. The van der Waals surface area contributed by atoms with Gasteiger partial charge in [0.2, 0.25) is 0 Å². The van der Waals surface area contributed by atoms with Crippen LogP contribution in [0.2, 0.25) is 0 Å². The predicted octanol–water partition coefficient (Wildman–Crippen LogP) is 4.80. The van der Waals surface area contributed by atoms with Crippen molar-refractivity contribution in [1.82, 2.24) is 19.4 Å². The second-order valence-electron chi connectivity index (χ2n) is 12.7. The van der Waals surface area contributed by atoms with Gasteiger partial charge in [0.1, 0.15) is 0 Å². The third-order valence-electron chi connectivity index (χ3n) is 8.41. The number of anilines is 3. The van der Waals surface area contributed by atoms with E-state index in [0.29, 0.717) is 47.8 Å². The van der Waals surface area contributed by atoms with Crippen LogP contribution in [0.25, 0.3) is 11.3 Å². The van der Waals surface area contributed by atoms with Crippen LogP contribution in [0.1, 0.15) is 52.6 Å². The van der Waals surface area contributed by atoms with E-state index in [-0.39, 0.29) is 35.2 Å². The number of carbonyl (C=O) groups excluding carboxylic acids is 2. The summed E-state index contributed by atoms with van der Waals surface area (Å²) in [6, 6.07) is 20.3. The lowest BCUT2D eigenvalue weighted by atomic mass is 9.86. The molecule has 1 saturated heterocycles. The molecule has 10 nitrogen and oxygen atoms in total. The quantitative estimate of drug-likeness (QED) is 0.258. The van der Waals surface area contributed by atoms with Gasteiger partial charge in [0.15, 0.2) is 5.82 Å². The van der Waals surface area contributed by atoms with E-state index in [1.54, 1.807) is 37.5 Å². The first-order valence-corrected chi connectivity index (χ1v) is 15.5. The van der Waals surface area contributed by atoms with Crippen LogP contribution in [-0.4, -0.2) is 75.6 Å². The molecule has 0 unspecified atom stereocenters. The van der Waals surface area contributed by atoms with Crippen LogP contribution in [0.3, 0.4) is 0 Å². The molecule has 0 spiro atoms. The Hall–Kier alpha value is -4.80. The molecule has 2 amide bonds. The van der Waals surface area contributed by atoms with Gasteiger partial charge in [-0.2, -0.15) is 0 Å². The number of piperazine rings is 1. The van der Waals surface area contributed by atoms with Crippen molar-refractivity contribution in [3.05, 3.63) is 106 Å². The molecule has 5 rings (SSSR count). The third-order valence-corrected chi connectivity index (χ3v) is 8.41. The minimum Gasteiger partial charge on any atom is -0.395 e. The molecule has 2 heterocycles. The Bertz CT molecular complexity index is 1770. The fourth-order valence-electron chi connectivity index (χ4n) is 5.51. The van der Waals surface area contributed by atoms with E-state index in [1.807, 2.05) is 54.3 Å². The maximum Gasteiger partial charge on any atom is 0.293 e. The number of amides is 2. The Morgan fingerprint density at radius 2 is 1.57 bits per heavy atom. The SMILES string of the molecule is Cc1c(NC(=O)c2ccc(C(C)(C)C)cc2)cccc1-c1cn(C)c(=O)c(Nc2ccc(C(=O)N3CCN(CCO)CC3)cc2)n1. The van der Waals surface area contributed by atoms with Crippen molar-refractivity contribution in [2.45, 2.75) is 33.1 Å². The number of aliphatic hydroxyl groups excluding tert-OH is 1. The molecular weight excluding hydrogens is 580 g/mol. The summed E-state index contributed by atoms with van der Waals surface area (Å²) in [6.45, 7) is 11.7. The van der Waals surface area contributed by atoms with E-state index in [0.717, 1.165) is 29.8 Å². The smallest absolute Gasteiger partial charge is 0.293 e. The minimum atomic E-state index is -0.300. The van der Waals surface area contributed by atoms with Crippen molar-refractivity contribution in [3.8, 4) is 11.3 Å². The summed E-state index contributed by atoms with van der Waals surface area (Å²) < 4.78 is 1.47. The molecule has 0 bridgehead atoms. The van der Waals surface area contributed by atoms with E-state index < -0.39 is 0 Å². The summed E-state index contributed by atoms with van der Waals surface area (Å²) in [7, 11) is 1.67. The van der Waals surface area contributed by atoms with Crippen molar-refractivity contribution in [2.24, 2.45) is 7.05 Å². The molecule has 3 aromatic carbocycles. The van der Waals surface area contributed by atoms with Gasteiger partial charge in [-0.3, -0.25) is 19.3 Å². The van der Waals surface area contributed by atoms with Gasteiger partial charge < -0.3 is 25.2 Å². The number of β-amino-alcohol motifs (C(OH)–C–C–N with tert-alkyl or cyclic N) is 1. The normalized spacial score (nSPS) is 13.8. The first kappa shape index (κ1) is 32.6. The second-order valence-corrected chi connectivity index (χ2v) is 12.7. The fourth-order valence-corrected chi connectivity index (χ4v) is 5.51. The fraction of sp³-hybridized carbons (Fsp3) is 0.333. The summed E-state index contributed by atoms with van der Waals surface area (Å²) in [5.74, 6) is -0.107. The van der Waals surface area contributed by atoms with Crippen molar-refractivity contribution in [1.29, 1.82) is 0 Å². The van der Waals surface area contributed by atoms with E-state index in [9.17, 15) is 14.4 Å². The van der Waals surface area contributed by atoms with Crippen molar-refractivity contribution in [2.75, 3.05) is 50.0 Å². The number of aliphatic hydroxyl groups is 1. The molecular formula is C36H42N6O4. The zero-order valence-corrected chi connectivity index (χ0v) is 27.1. The van der Waals surface area contributed by atoms with Gasteiger partial charge in [0.05, 0.1) is 12.3 Å². The minimum absolute atomic E-state index is 0.00309. The summed E-state index contributed by atoms with van der Waals surface area (Å²) in [5.41, 5.74) is 5.43. The van der Waals surface area contributed by atoms with Gasteiger partial charge in [-0.15, -0.1) is 0 Å². The number of rotatable bonds is 8. The van der Waals surface area contributed by atoms with Crippen LogP contribution in [0.5, 0.6) is 0 Å². The average molecular weight is 623 g/mol. The molecule has 240 valence electrons. The number of hydrogen-bond donors (Lipinski definition) is 3. The Balaban J connectivity index is 1.31. The number of hydrogen-bond acceptors (Lipinski definition) is 7. The summed E-state index contributed by atoms with van der Waals surface area (Å²) in [5, 5.41) is 15.3. The first-order chi connectivity index (χ1) is 21.9. The van der Waals surface area contributed by atoms with Gasteiger partial charge in [-0.25, -0.2) is 4.98 Å². The van der Waals surface area contributed by atoms with Crippen LogP contribution in [-0.2, 0) is 12.5 Å². The van der Waals surface area contributed by atoms with Gasteiger partial charge in [0.25, 0.3) is 17.4 Å². The topological polar surface area (TPSA) is 120 Å². The van der Waals surface area contributed by atoms with Crippen LogP contribution in [0.4, 0.5) is 17.2 Å². The van der Waals surface area contributed by atoms with Crippen LogP contribution >= 0.6 is 0 Å². The van der Waals surface area contributed by atoms with Gasteiger partial charge in [-0.05, 0) is 65.9 Å². The molecule has 1 aliphatic heterocycles. The average Bonchev–Trinajstić information content (AvgIpc) is 3.04. The number of aromatic nitrogens is 2. The maximum atomic E-state index is 13.1. The number of carbonyl (C=O) groups is 2. The number of nitrogens with zero attached hydrogens (tertiary/aromatic N) is 4. The van der Waals surface area contributed by atoms with E-state index in [2.05, 4.69) is 41.3 Å². The summed E-state index contributed by atoms with van der Waals surface area (Å²) >= 11 is 0. The summed E-state index contributed by atoms with van der Waals surface area (Å²) in [6.07, 6.45) is 1.68. The number of benzene rings is 3. The Labute approximate surface area is 269 Å². The predicted molar refractivity (Wildman–Crippen MR) is 182 cm³/mol. The highest BCUT2D eigenvalue weighted by molar-refractivity contribution is 6.05. The molecule has 0 aliphatic carbocycles. The molecule has 0 radical (unpaired) electrons. The lowest BCUT2D eigenvalue weighted by molar-refractivity contribution is 0.0615. The Morgan fingerprint density at radius 1 is 0.913 bits per heavy atom. The van der Waals surface area contributed by atoms with Gasteiger partial charge >= 0.3 is 0 Å². The highest BCUT2D eigenvalue weighted by Crippen LogP contribution is 2.29. The van der Waals surface area contributed by atoms with Crippen LogP contribution < -0.4 is 16.2 Å². The molecule has 46 heavy (non-hydrogen) atoms. The Morgan fingerprint density at radius 3 is 2.20 bits per heavy atom. The number of nitrogens with one attached hydrogen (secondary N) is 2. The molecule has 10 heteroatoms. The highest BCUT2D eigenvalue weighted by atomic mass is 16.3. The molecule has 1 aromatic heterocycles. The number of aryl methyl sites for hydroxylation is 1. The van der Waals surface area contributed by atoms with E-state index in [1.165, 1.54) is 4.57 Å². The van der Waals surface area contributed by atoms with Crippen molar-refractivity contribution in [3.63, 3.8) is 0 Å². The van der Waals surface area contributed by atoms with Crippen molar-refractivity contribution < 1.29 is 14.7 Å². The monoisotopic (exact) mass is 622 g/mol. The first-order valence-electron chi connectivity index (χ1n) is 15.5. The zero-order valence-electron chi connectivity index (χ0n) is 27.1. The molecule has 1 fully saturated rings. The van der Waals surface area contributed by atoms with Crippen molar-refractivity contribution >= 4 is 29.0 Å². The highest BCUT2D eigenvalue weighted by Gasteiger charge is 2.22. The zero-order chi connectivity index (χ0) is 33.0. The molecule has 3 N–H and O–H groups in total. The molecule has 1 aliphatic rings. The van der Waals surface area contributed by atoms with Gasteiger partial charge in [-0.1, -0.05) is 45.0 Å². The molecule has 0 atom stereocenters. The Kier molecular flexibility index (Phi) is 9.69. The molecule has 4 aromatic rings. The molecule has 0 saturated carbocycles. The lowest BCUT2D eigenvalue weighted by Crippen LogP contribution is -2.49. The maximum absolute atomic E-state index is 13.1. The van der Waals surface area contributed by atoms with E-state index >= 15 is 0 Å². The standard InChI is InChI=1S/C36H42N6O4/c1-24-29(7-6-8-30(24)39-33(44)25-9-13-27(14-10-25)36(2,3)4)31-23-40(5)35(46)32(38-31)37-28-15-11-26(12-16-28)34(45)42-19-17-41(18-20-42)21-22-43/h6-16,23,43H,17-22H2,1-5H3,(H,37,38)(H,39,44). The van der Waals surface area contributed by atoms with Crippen LogP contribution in [0.15, 0.2) is 77.7 Å².